The largest absolute Gasteiger partial charge is 0.420 e. The van der Waals surface area contributed by atoms with Gasteiger partial charge < -0.3 is 14.5 Å². The number of benzene rings is 1. The average Bonchev–Trinajstić information content (AvgIpc) is 3.15. The molecule has 10 heteroatoms. The Kier molecular flexibility index (Phi) is 14.9. The van der Waals surface area contributed by atoms with E-state index in [1.54, 1.807) is 0 Å². The Morgan fingerprint density at radius 2 is 1.33 bits per heavy atom. The molecule has 0 aliphatic carbocycles. The maximum atomic E-state index is 14.0. The molecule has 1 fully saturated rings. The van der Waals surface area contributed by atoms with Crippen LogP contribution in [0.15, 0.2) is 6.07 Å². The van der Waals surface area contributed by atoms with Crippen LogP contribution in [-0.4, -0.2) is 54.3 Å². The highest BCUT2D eigenvalue weighted by atomic mass is 19.2. The van der Waals surface area contributed by atoms with Crippen molar-refractivity contribution in [3.05, 3.63) is 29.3 Å². The maximum absolute atomic E-state index is 14.0. The summed E-state index contributed by atoms with van der Waals surface area (Å²) < 4.78 is 59.6. The van der Waals surface area contributed by atoms with E-state index in [0.717, 1.165) is 19.3 Å². The Balaban J connectivity index is 1.76. The molecular weight excluding hydrogens is 516 g/mol. The number of carbonyl (C=O) groups is 3. The zero-order valence-corrected chi connectivity index (χ0v) is 23.0. The molecule has 1 heterocycles. The Morgan fingerprint density at radius 1 is 0.821 bits per heavy atom. The molecule has 0 saturated carbocycles. The Bertz CT molecular complexity index is 905. The molecule has 1 unspecified atom stereocenters. The summed E-state index contributed by atoms with van der Waals surface area (Å²) >= 11 is 0. The summed E-state index contributed by atoms with van der Waals surface area (Å²) in [6, 6.07) is 0.0126. The van der Waals surface area contributed by atoms with Gasteiger partial charge in [0.05, 0.1) is 5.92 Å². The van der Waals surface area contributed by atoms with Gasteiger partial charge in [0.2, 0.25) is 29.7 Å². The fourth-order valence-electron chi connectivity index (χ4n) is 4.79. The molecule has 0 bridgehead atoms. The topological polar surface area (TPSA) is 66.9 Å². The van der Waals surface area contributed by atoms with Crippen LogP contribution in [0, 0.1) is 29.2 Å². The fraction of sp³-hybridized carbons (Fsp3) is 0.690. The van der Waals surface area contributed by atoms with Crippen molar-refractivity contribution >= 4 is 18.3 Å². The normalized spacial score (nSPS) is 15.8. The van der Waals surface area contributed by atoms with E-state index >= 15 is 0 Å². The molecule has 0 radical (unpaired) electrons. The van der Waals surface area contributed by atoms with Crippen LogP contribution in [0.3, 0.4) is 0 Å². The van der Waals surface area contributed by atoms with Crippen molar-refractivity contribution in [3.63, 3.8) is 0 Å². The van der Waals surface area contributed by atoms with Gasteiger partial charge in [-0.15, -0.1) is 0 Å². The van der Waals surface area contributed by atoms with Crippen molar-refractivity contribution < 1.29 is 36.7 Å². The maximum Gasteiger partial charge on any atom is 0.318 e. The van der Waals surface area contributed by atoms with Gasteiger partial charge in [0.1, 0.15) is 0 Å². The number of carbonyl (C=O) groups excluding carboxylic acids is 3. The van der Waals surface area contributed by atoms with Crippen LogP contribution in [0.4, 0.5) is 17.6 Å². The van der Waals surface area contributed by atoms with E-state index in [2.05, 4.69) is 11.7 Å². The van der Waals surface area contributed by atoms with Gasteiger partial charge in [-0.3, -0.25) is 14.4 Å². The van der Waals surface area contributed by atoms with Crippen LogP contribution in [0.25, 0.3) is 0 Å². The zero-order chi connectivity index (χ0) is 28.6. The third-order valence-corrected chi connectivity index (χ3v) is 7.16. The lowest BCUT2D eigenvalue weighted by Gasteiger charge is -2.23. The summed E-state index contributed by atoms with van der Waals surface area (Å²) in [5, 5.41) is 0. The van der Waals surface area contributed by atoms with Crippen molar-refractivity contribution in [2.45, 2.75) is 96.8 Å². The van der Waals surface area contributed by atoms with Gasteiger partial charge >= 0.3 is 5.97 Å². The molecule has 6 nitrogen and oxygen atoms in total. The zero-order valence-electron chi connectivity index (χ0n) is 23.0. The van der Waals surface area contributed by atoms with Crippen LogP contribution >= 0.6 is 0 Å². The van der Waals surface area contributed by atoms with Crippen molar-refractivity contribution in [1.82, 2.24) is 9.80 Å². The molecule has 1 aliphatic heterocycles. The van der Waals surface area contributed by atoms with Crippen LogP contribution in [-0.2, 0) is 14.4 Å². The SMILES string of the molecule is CCCCCCCCCCCCCCCC(=O)N1CCN(C=O)CC(C(=O)Oc2c(F)c(F)cc(F)c2F)C1. The first-order chi connectivity index (χ1) is 18.8. The van der Waals surface area contributed by atoms with Crippen LogP contribution in [0.2, 0.25) is 0 Å². The van der Waals surface area contributed by atoms with Gasteiger partial charge in [-0.25, -0.2) is 8.78 Å². The molecule has 39 heavy (non-hydrogen) atoms. The van der Waals surface area contributed by atoms with Crippen LogP contribution < -0.4 is 4.74 Å². The Labute approximate surface area is 229 Å². The van der Waals surface area contributed by atoms with E-state index in [1.807, 2.05) is 0 Å². The monoisotopic (exact) mass is 558 g/mol. The van der Waals surface area contributed by atoms with Crippen molar-refractivity contribution in [2.75, 3.05) is 26.2 Å². The number of ether oxygens (including phenoxy) is 1. The van der Waals surface area contributed by atoms with Gasteiger partial charge in [-0.1, -0.05) is 84.0 Å². The first kappa shape index (κ1) is 32.6. The highest BCUT2D eigenvalue weighted by molar-refractivity contribution is 5.79. The molecule has 2 rings (SSSR count). The number of halogens is 4. The minimum atomic E-state index is -1.83. The second-order valence-electron chi connectivity index (χ2n) is 10.3. The van der Waals surface area contributed by atoms with E-state index in [-0.39, 0.29) is 44.6 Å². The lowest BCUT2D eigenvalue weighted by molar-refractivity contribution is -0.141. The van der Waals surface area contributed by atoms with Crippen LogP contribution in [0.5, 0.6) is 5.75 Å². The second-order valence-corrected chi connectivity index (χ2v) is 10.3. The second kappa shape index (κ2) is 17.8. The molecule has 1 aromatic rings. The third kappa shape index (κ3) is 11.2. The molecule has 2 amide bonds. The summed E-state index contributed by atoms with van der Waals surface area (Å²) in [5.74, 6) is -11.1. The fourth-order valence-corrected chi connectivity index (χ4v) is 4.79. The molecule has 220 valence electrons. The molecular formula is C29H42F4N2O4. The van der Waals surface area contributed by atoms with Gasteiger partial charge in [0.25, 0.3) is 0 Å². The smallest absolute Gasteiger partial charge is 0.318 e. The first-order valence-corrected chi connectivity index (χ1v) is 14.3. The molecule has 1 saturated heterocycles. The number of amides is 2. The van der Waals surface area contributed by atoms with Crippen molar-refractivity contribution in [3.8, 4) is 5.75 Å². The summed E-state index contributed by atoms with van der Waals surface area (Å²) in [6.45, 7) is 2.29. The Hall–Kier alpha value is -2.65. The van der Waals surface area contributed by atoms with E-state index < -0.39 is 40.9 Å². The van der Waals surface area contributed by atoms with E-state index in [4.69, 9.17) is 0 Å². The summed E-state index contributed by atoms with van der Waals surface area (Å²) in [4.78, 5) is 39.6. The minimum Gasteiger partial charge on any atom is -0.420 e. The molecule has 1 atom stereocenters. The third-order valence-electron chi connectivity index (χ3n) is 7.16. The highest BCUT2D eigenvalue weighted by Crippen LogP contribution is 2.27. The number of hydrogen-bond acceptors (Lipinski definition) is 4. The number of esters is 1. The number of hydrogen-bond donors (Lipinski definition) is 0. The number of unbranched alkanes of at least 4 members (excludes halogenated alkanes) is 12. The molecule has 0 N–H and O–H groups in total. The van der Waals surface area contributed by atoms with Crippen molar-refractivity contribution in [1.29, 1.82) is 0 Å². The quantitative estimate of drug-likeness (QED) is 0.0543. The number of nitrogens with zero attached hydrogens (tertiary/aromatic N) is 2. The standard InChI is InChI=1S/C29H42F4N2O4/c1-2-3-4-5-6-7-8-9-10-11-12-13-14-15-25(37)35-17-16-34(21-36)19-22(20-35)29(38)39-28-26(32)23(30)18-24(31)27(28)33/h18,21-22H,2-17,19-20H2,1H3. The summed E-state index contributed by atoms with van der Waals surface area (Å²) in [6.07, 6.45) is 16.1. The molecule has 0 aromatic heterocycles. The minimum absolute atomic E-state index is 0.0126. The molecule has 1 aliphatic rings. The Morgan fingerprint density at radius 3 is 1.85 bits per heavy atom. The lowest BCUT2D eigenvalue weighted by Crippen LogP contribution is -2.39. The van der Waals surface area contributed by atoms with Gasteiger partial charge in [-0.05, 0) is 6.42 Å². The lowest BCUT2D eigenvalue weighted by atomic mass is 10.0. The van der Waals surface area contributed by atoms with Gasteiger partial charge in [-0.2, -0.15) is 8.78 Å². The van der Waals surface area contributed by atoms with Gasteiger partial charge in [0.15, 0.2) is 11.6 Å². The first-order valence-electron chi connectivity index (χ1n) is 14.3. The van der Waals surface area contributed by atoms with E-state index in [1.165, 1.54) is 67.6 Å². The predicted octanol–water partition coefficient (Wildman–Crippen LogP) is 6.55. The van der Waals surface area contributed by atoms with E-state index in [9.17, 15) is 31.9 Å². The van der Waals surface area contributed by atoms with Gasteiger partial charge in [0, 0.05) is 38.7 Å². The molecule has 0 spiro atoms. The summed E-state index contributed by atoms with van der Waals surface area (Å²) in [5.41, 5.74) is 0. The highest BCUT2D eigenvalue weighted by Gasteiger charge is 2.33. The number of rotatable bonds is 17. The van der Waals surface area contributed by atoms with Crippen LogP contribution in [0.1, 0.15) is 96.8 Å². The molecule has 1 aromatic carbocycles. The van der Waals surface area contributed by atoms with Crippen molar-refractivity contribution in [2.24, 2.45) is 5.92 Å². The average molecular weight is 559 g/mol. The van der Waals surface area contributed by atoms with E-state index in [0.29, 0.717) is 12.8 Å². The summed E-state index contributed by atoms with van der Waals surface area (Å²) in [7, 11) is 0. The predicted molar refractivity (Wildman–Crippen MR) is 140 cm³/mol.